The normalized spacial score (nSPS) is 15.7. The molecule has 0 spiro atoms. The molecule has 0 aliphatic carbocycles. The molecule has 0 saturated carbocycles. The van der Waals surface area contributed by atoms with Gasteiger partial charge in [-0.15, -0.1) is 0 Å². The van der Waals surface area contributed by atoms with E-state index in [1.807, 2.05) is 0 Å². The summed E-state index contributed by atoms with van der Waals surface area (Å²) in [5.41, 5.74) is 0. The van der Waals surface area contributed by atoms with Crippen LogP contribution in [0.3, 0.4) is 0 Å². The summed E-state index contributed by atoms with van der Waals surface area (Å²) in [7, 11) is -4.10. The van der Waals surface area contributed by atoms with E-state index >= 15 is 0 Å². The molecule has 3 nitrogen and oxygen atoms in total. The number of rotatable bonds is 3. The second kappa shape index (κ2) is 6.20. The van der Waals surface area contributed by atoms with E-state index in [2.05, 4.69) is 113 Å². The fourth-order valence-electron chi connectivity index (χ4n) is 0.327. The molecule has 0 aliphatic rings. The van der Waals surface area contributed by atoms with Crippen LogP contribution >= 0.6 is 158 Å². The fraction of sp³-hybridized carbons (Fsp3) is 1.00. The van der Waals surface area contributed by atoms with E-state index in [0.717, 1.165) is 0 Å². The summed E-state index contributed by atoms with van der Waals surface area (Å²) in [4.78, 5) is 0. The molecule has 11 heteroatoms. The van der Waals surface area contributed by atoms with Gasteiger partial charge in [0.2, 0.25) is 0.760 Å². The van der Waals surface area contributed by atoms with Crippen molar-refractivity contribution in [1.82, 2.24) is 0 Å². The smallest absolute Gasteiger partial charge is 0.284 e. The lowest BCUT2D eigenvalue weighted by atomic mass is 10.6. The summed E-state index contributed by atoms with van der Waals surface area (Å²) in [6.07, 6.45) is 0. The van der Waals surface area contributed by atoms with Crippen LogP contribution in [0.5, 0.6) is 0 Å². The van der Waals surface area contributed by atoms with Gasteiger partial charge in [0, 0.05) is 0 Å². The highest BCUT2D eigenvalue weighted by Gasteiger charge is 2.62. The Labute approximate surface area is 178 Å². The third-order valence-corrected chi connectivity index (χ3v) is 23.7. The minimum absolute atomic E-state index is 0.334. The van der Waals surface area contributed by atoms with Crippen LogP contribution in [0.25, 0.3) is 0 Å². The molecule has 1 N–H and O–H groups in total. The zero-order valence-electron chi connectivity index (χ0n) is 5.82. The van der Waals surface area contributed by atoms with Gasteiger partial charge in [0.25, 0.3) is 10.1 Å². The van der Waals surface area contributed by atoms with Crippen LogP contribution in [0.2, 0.25) is 0 Å². The van der Waals surface area contributed by atoms with Crippen molar-refractivity contribution >= 4 is 168 Å². The molecule has 0 aromatic heterocycles. The van der Waals surface area contributed by atoms with Crippen molar-refractivity contribution in [2.75, 3.05) is 0 Å². The van der Waals surface area contributed by atoms with Crippen molar-refractivity contribution in [3.05, 3.63) is 0 Å². The van der Waals surface area contributed by atoms with E-state index < -0.39 is 12.3 Å². The molecular weight excluding hydrogens is 1000 g/mol. The van der Waals surface area contributed by atoms with Crippen molar-refractivity contribution in [2.24, 2.45) is 0 Å². The monoisotopic (exact) mass is 1010 g/mol. The highest BCUT2D eigenvalue weighted by Crippen LogP contribution is 2.65. The van der Waals surface area contributed by atoms with Crippen molar-refractivity contribution in [3.63, 3.8) is 0 Å². The van der Waals surface area contributed by atoms with Gasteiger partial charge in [-0.2, -0.15) is 8.42 Å². The highest BCUT2D eigenvalue weighted by molar-refractivity contribution is 14.3. The maximum absolute atomic E-state index is 11.3. The lowest BCUT2D eigenvalue weighted by Crippen LogP contribution is -2.48. The molecule has 14 heavy (non-hydrogen) atoms. The summed E-state index contributed by atoms with van der Waals surface area (Å²) in [5.74, 6) is 0. The van der Waals surface area contributed by atoms with Gasteiger partial charge >= 0.3 is 0 Å². The number of hydrogen-bond acceptors (Lipinski definition) is 2. The van der Waals surface area contributed by atoms with Crippen LogP contribution in [0.15, 0.2) is 0 Å². The van der Waals surface area contributed by atoms with E-state index in [4.69, 9.17) is 0 Å². The average Bonchev–Trinajstić information content (AvgIpc) is 1.81. The highest BCUT2D eigenvalue weighted by atomic mass is 127. The molecule has 0 atom stereocenters. The molecule has 0 rings (SSSR count). The summed E-state index contributed by atoms with van der Waals surface area (Å²) in [5, 5.41) is 0. The van der Waals surface area contributed by atoms with Crippen LogP contribution in [0, 0.1) is 0 Å². The van der Waals surface area contributed by atoms with Gasteiger partial charge in [0.15, 0.2) is -0.565 Å². The Bertz CT molecular complexity index is 314. The third-order valence-electron chi connectivity index (χ3n) is 1.05. The van der Waals surface area contributed by atoms with Crippen LogP contribution < -0.4 is 0 Å². The van der Waals surface area contributed by atoms with Gasteiger partial charge in [-0.25, -0.2) is 0 Å². The van der Waals surface area contributed by atoms with Crippen molar-refractivity contribution in [1.29, 1.82) is 0 Å². The average molecular weight is 1010 g/mol. The first-order chi connectivity index (χ1) is 5.75. The van der Waals surface area contributed by atoms with Crippen molar-refractivity contribution in [3.8, 4) is 0 Å². The Hall–Kier alpha value is 5.02. The Morgan fingerprint density at radius 3 is 1.21 bits per heavy atom. The first-order valence-corrected chi connectivity index (χ1v) is 11.5. The van der Waals surface area contributed by atoms with Gasteiger partial charge in [-0.1, -0.05) is 113 Å². The maximum atomic E-state index is 11.3. The molecule has 0 bridgehead atoms. The zero-order valence-corrected chi connectivity index (χ0v) is 21.7. The summed E-state index contributed by atoms with van der Waals surface area (Å²) >= 11 is 14.1. The standard InChI is InChI=1S/C3HI7O3S/c4-1(5,2(6,7)8)3(9,10)14(11,12)13/h(H,11,12,13). The quantitative estimate of drug-likeness (QED) is 0.249. The van der Waals surface area contributed by atoms with Gasteiger partial charge in [-0.05, 0) is 45.2 Å². The Morgan fingerprint density at radius 1 is 0.857 bits per heavy atom. The van der Waals surface area contributed by atoms with Crippen LogP contribution in [-0.4, -0.2) is 14.6 Å². The number of halogens is 7. The van der Waals surface area contributed by atoms with Crippen LogP contribution in [-0.2, 0) is 10.1 Å². The molecular formula is C3HI7O3S. The summed E-state index contributed by atoms with van der Waals surface area (Å²) in [6.45, 7) is 0. The molecule has 0 aromatic rings. The maximum Gasteiger partial charge on any atom is 0.291 e. The van der Waals surface area contributed by atoms with Crippen LogP contribution in [0.4, 0.5) is 0 Å². The van der Waals surface area contributed by atoms with Gasteiger partial charge in [0.1, 0.15) is 1.43 Å². The van der Waals surface area contributed by atoms with Crippen molar-refractivity contribution in [2.45, 2.75) is 1.62 Å². The first-order valence-electron chi connectivity index (χ1n) is 2.54. The molecule has 0 saturated heterocycles. The second-order valence-electron chi connectivity index (χ2n) is 2.06. The molecule has 0 aromatic carbocycles. The van der Waals surface area contributed by atoms with Crippen molar-refractivity contribution < 1.29 is 13.0 Å². The minimum atomic E-state index is -4.10. The number of hydrogen-bond donors (Lipinski definition) is 1. The molecule has 0 heterocycles. The molecule has 0 unspecified atom stereocenters. The van der Waals surface area contributed by atoms with E-state index in [1.165, 1.54) is 0 Å². The largest absolute Gasteiger partial charge is 0.291 e. The van der Waals surface area contributed by atoms with E-state index in [0.29, 0.717) is 0 Å². The lowest BCUT2D eigenvalue weighted by molar-refractivity contribution is 0.479. The van der Waals surface area contributed by atoms with Gasteiger partial charge in [0.05, 0.1) is 0 Å². The predicted octanol–water partition coefficient (Wildman–Crippen LogP) is 4.92. The molecule has 86 valence electrons. The SMILES string of the molecule is O=S(=O)(O)C(I)(I)C(I)(I)C(I)(I)I. The molecule has 0 fully saturated rings. The van der Waals surface area contributed by atoms with E-state index in [9.17, 15) is 13.0 Å². The summed E-state index contributed by atoms with van der Waals surface area (Å²) in [6, 6.07) is 0. The first kappa shape index (κ1) is 19.0. The topological polar surface area (TPSA) is 54.4 Å². The molecule has 0 amide bonds. The Kier molecular flexibility index (Phi) is 8.42. The lowest BCUT2D eigenvalue weighted by Gasteiger charge is -2.38. The molecule has 0 aliphatic heterocycles. The third kappa shape index (κ3) is 4.26. The Morgan fingerprint density at radius 2 is 1.14 bits per heavy atom. The van der Waals surface area contributed by atoms with Crippen LogP contribution in [0.1, 0.15) is 0 Å². The zero-order chi connectivity index (χ0) is 12.0. The minimum Gasteiger partial charge on any atom is -0.284 e. The van der Waals surface area contributed by atoms with E-state index in [-0.39, 0.29) is -0.565 Å². The summed E-state index contributed by atoms with van der Waals surface area (Å²) < 4.78 is 29.5. The van der Waals surface area contributed by atoms with Gasteiger partial charge < -0.3 is 0 Å². The fourth-order valence-corrected chi connectivity index (χ4v) is 8.14. The molecule has 0 radical (unpaired) electrons. The predicted molar refractivity (Wildman–Crippen MR) is 118 cm³/mol. The van der Waals surface area contributed by atoms with E-state index in [1.54, 1.807) is 45.2 Å². The Balaban J connectivity index is 5.54. The van der Waals surface area contributed by atoms with Gasteiger partial charge in [-0.3, -0.25) is 4.55 Å². The number of alkyl halides is 7. The second-order valence-corrected chi connectivity index (χ2v) is 26.7.